The van der Waals surface area contributed by atoms with Crippen molar-refractivity contribution in [2.24, 2.45) is 0 Å². The Hall–Kier alpha value is -1.47. The molecule has 2 N–H and O–H groups in total. The SMILES string of the molecule is C[Si](C)(O)c1c2ccccc2c([Si](C)(C)O)c2ccccc12. The van der Waals surface area contributed by atoms with Crippen molar-refractivity contribution >= 4 is 48.6 Å². The van der Waals surface area contributed by atoms with E-state index in [2.05, 4.69) is 24.3 Å². The van der Waals surface area contributed by atoms with Crippen LogP contribution in [-0.4, -0.2) is 26.2 Å². The Morgan fingerprint density at radius 3 is 0.955 bits per heavy atom. The Morgan fingerprint density at radius 2 is 0.773 bits per heavy atom. The molecule has 0 bridgehead atoms. The molecule has 0 aromatic heterocycles. The van der Waals surface area contributed by atoms with Gasteiger partial charge in [-0.1, -0.05) is 48.5 Å². The molecule has 0 saturated carbocycles. The van der Waals surface area contributed by atoms with E-state index in [0.29, 0.717) is 0 Å². The second kappa shape index (κ2) is 5.03. The Morgan fingerprint density at radius 1 is 0.545 bits per heavy atom. The summed E-state index contributed by atoms with van der Waals surface area (Å²) in [5.41, 5.74) is 0. The van der Waals surface area contributed by atoms with E-state index >= 15 is 0 Å². The lowest BCUT2D eigenvalue weighted by Gasteiger charge is -2.26. The fourth-order valence-corrected chi connectivity index (χ4v) is 6.96. The van der Waals surface area contributed by atoms with Gasteiger partial charge in [-0.25, -0.2) is 0 Å². The van der Waals surface area contributed by atoms with E-state index in [4.69, 9.17) is 0 Å². The second-order valence-corrected chi connectivity index (χ2v) is 14.2. The summed E-state index contributed by atoms with van der Waals surface area (Å²) in [5.74, 6) is 0. The molecule has 3 rings (SSSR count). The molecule has 0 heterocycles. The highest BCUT2D eigenvalue weighted by molar-refractivity contribution is 6.91. The molecule has 0 saturated heterocycles. The first-order chi connectivity index (χ1) is 10.2. The minimum atomic E-state index is -2.51. The largest absolute Gasteiger partial charge is 0.428 e. The zero-order valence-electron chi connectivity index (χ0n) is 13.5. The van der Waals surface area contributed by atoms with E-state index in [1.165, 1.54) is 0 Å². The maximum Gasteiger partial charge on any atom is 0.215 e. The first-order valence-corrected chi connectivity index (χ1v) is 13.5. The molecule has 0 unspecified atom stereocenters. The lowest BCUT2D eigenvalue weighted by molar-refractivity contribution is 0.568. The van der Waals surface area contributed by atoms with Crippen molar-refractivity contribution in [1.82, 2.24) is 0 Å². The van der Waals surface area contributed by atoms with Crippen molar-refractivity contribution in [1.29, 1.82) is 0 Å². The van der Waals surface area contributed by atoms with Gasteiger partial charge in [0.2, 0.25) is 16.6 Å². The van der Waals surface area contributed by atoms with Crippen LogP contribution in [0, 0.1) is 0 Å². The van der Waals surface area contributed by atoms with Crippen molar-refractivity contribution in [3.05, 3.63) is 48.5 Å². The van der Waals surface area contributed by atoms with Crippen molar-refractivity contribution in [2.45, 2.75) is 26.2 Å². The third-order valence-electron chi connectivity index (χ3n) is 4.16. The number of fused-ring (bicyclic) bond motifs is 2. The van der Waals surface area contributed by atoms with Crippen LogP contribution in [0.5, 0.6) is 0 Å². The van der Waals surface area contributed by atoms with E-state index in [-0.39, 0.29) is 0 Å². The van der Waals surface area contributed by atoms with Crippen LogP contribution in [0.4, 0.5) is 0 Å². The molecule has 114 valence electrons. The Kier molecular flexibility index (Phi) is 3.53. The molecular weight excluding hydrogens is 304 g/mol. The predicted molar refractivity (Wildman–Crippen MR) is 100 cm³/mol. The maximum absolute atomic E-state index is 10.9. The van der Waals surface area contributed by atoms with Gasteiger partial charge < -0.3 is 9.59 Å². The van der Waals surface area contributed by atoms with E-state index in [1.54, 1.807) is 0 Å². The van der Waals surface area contributed by atoms with Crippen LogP contribution in [0.2, 0.25) is 26.2 Å². The Bertz CT molecular complexity index is 729. The van der Waals surface area contributed by atoms with Crippen molar-refractivity contribution < 1.29 is 9.59 Å². The highest BCUT2D eigenvalue weighted by atomic mass is 28.4. The highest BCUT2D eigenvalue weighted by Gasteiger charge is 2.31. The van der Waals surface area contributed by atoms with Gasteiger partial charge in [-0.2, -0.15) is 0 Å². The van der Waals surface area contributed by atoms with Crippen LogP contribution in [0.1, 0.15) is 0 Å². The van der Waals surface area contributed by atoms with Crippen LogP contribution in [0.15, 0.2) is 48.5 Å². The van der Waals surface area contributed by atoms with Gasteiger partial charge in [0.1, 0.15) is 0 Å². The van der Waals surface area contributed by atoms with Crippen molar-refractivity contribution in [2.75, 3.05) is 0 Å². The molecule has 0 radical (unpaired) electrons. The zero-order valence-corrected chi connectivity index (χ0v) is 15.5. The fraction of sp³-hybridized carbons (Fsp3) is 0.222. The molecule has 0 aliphatic rings. The van der Waals surface area contributed by atoms with Crippen molar-refractivity contribution in [3.63, 3.8) is 0 Å². The minimum absolute atomic E-state index is 1.07. The van der Waals surface area contributed by atoms with Gasteiger partial charge in [0, 0.05) is 0 Å². The van der Waals surface area contributed by atoms with Crippen LogP contribution in [0.3, 0.4) is 0 Å². The van der Waals surface area contributed by atoms with E-state index in [9.17, 15) is 9.59 Å². The van der Waals surface area contributed by atoms with Gasteiger partial charge in [-0.05, 0) is 58.1 Å². The predicted octanol–water partition coefficient (Wildman–Crippen LogP) is 2.80. The molecular formula is C18H22O2Si2. The van der Waals surface area contributed by atoms with E-state index in [0.717, 1.165) is 31.9 Å². The Balaban J connectivity index is 2.67. The third-order valence-corrected chi connectivity index (χ3v) is 7.68. The first-order valence-electron chi connectivity index (χ1n) is 7.60. The average molecular weight is 327 g/mol. The van der Waals surface area contributed by atoms with Crippen LogP contribution in [-0.2, 0) is 0 Å². The standard InChI is InChI=1S/C18H22O2Si2/c1-21(2,19)17-13-9-5-7-11-15(13)18(22(3,4)20)16-12-8-6-10-14(16)17/h5-12,19-20H,1-4H3. The molecule has 0 atom stereocenters. The zero-order chi connectivity index (χ0) is 16.1. The molecule has 2 nitrogen and oxygen atoms in total. The Labute approximate surface area is 133 Å². The lowest BCUT2D eigenvalue weighted by Crippen LogP contribution is -2.47. The quantitative estimate of drug-likeness (QED) is 0.561. The van der Waals surface area contributed by atoms with Gasteiger partial charge in [-0.3, -0.25) is 0 Å². The van der Waals surface area contributed by atoms with Gasteiger partial charge in [0.05, 0.1) is 0 Å². The molecule has 0 fully saturated rings. The lowest BCUT2D eigenvalue weighted by atomic mass is 10.0. The third kappa shape index (κ3) is 2.42. The number of benzene rings is 3. The second-order valence-electron chi connectivity index (χ2n) is 6.96. The van der Waals surface area contributed by atoms with Gasteiger partial charge in [-0.15, -0.1) is 0 Å². The maximum atomic E-state index is 10.9. The molecule has 0 aliphatic carbocycles. The molecule has 0 aliphatic heterocycles. The van der Waals surface area contributed by atoms with Crippen LogP contribution >= 0.6 is 0 Å². The summed E-state index contributed by atoms with van der Waals surface area (Å²) in [6, 6.07) is 16.3. The molecule has 4 heteroatoms. The monoisotopic (exact) mass is 326 g/mol. The highest BCUT2D eigenvalue weighted by Crippen LogP contribution is 2.24. The fourth-order valence-electron chi connectivity index (χ4n) is 3.45. The topological polar surface area (TPSA) is 40.5 Å². The summed E-state index contributed by atoms with van der Waals surface area (Å²) >= 11 is 0. The van der Waals surface area contributed by atoms with Crippen LogP contribution in [0.25, 0.3) is 21.5 Å². The average Bonchev–Trinajstić information content (AvgIpc) is 2.41. The van der Waals surface area contributed by atoms with Crippen LogP contribution < -0.4 is 10.4 Å². The summed E-state index contributed by atoms with van der Waals surface area (Å²) in [5, 5.41) is 6.49. The number of rotatable bonds is 2. The molecule has 0 spiro atoms. The van der Waals surface area contributed by atoms with Gasteiger partial charge >= 0.3 is 0 Å². The molecule has 22 heavy (non-hydrogen) atoms. The summed E-state index contributed by atoms with van der Waals surface area (Å²) in [6.07, 6.45) is 0. The summed E-state index contributed by atoms with van der Waals surface area (Å²) in [4.78, 5) is 21.7. The number of hydrogen-bond acceptors (Lipinski definition) is 2. The summed E-state index contributed by atoms with van der Waals surface area (Å²) < 4.78 is 0. The molecule has 3 aromatic carbocycles. The van der Waals surface area contributed by atoms with Gasteiger partial charge in [0.25, 0.3) is 0 Å². The normalized spacial score (nSPS) is 13.0. The smallest absolute Gasteiger partial charge is 0.215 e. The van der Waals surface area contributed by atoms with Gasteiger partial charge in [0.15, 0.2) is 0 Å². The van der Waals surface area contributed by atoms with Crippen molar-refractivity contribution in [3.8, 4) is 0 Å². The van der Waals surface area contributed by atoms with E-state index < -0.39 is 16.6 Å². The molecule has 3 aromatic rings. The minimum Gasteiger partial charge on any atom is -0.428 e. The first kappa shape index (κ1) is 15.4. The summed E-state index contributed by atoms with van der Waals surface area (Å²) in [7, 11) is -5.02. The molecule has 0 amide bonds. The summed E-state index contributed by atoms with van der Waals surface area (Å²) in [6.45, 7) is 7.84. The number of hydrogen-bond donors (Lipinski definition) is 2. The van der Waals surface area contributed by atoms with E-state index in [1.807, 2.05) is 50.5 Å².